The summed E-state index contributed by atoms with van der Waals surface area (Å²) >= 11 is 12.4. The normalized spacial score (nSPS) is 10.2. The topological polar surface area (TPSA) is 54.0 Å². The summed E-state index contributed by atoms with van der Waals surface area (Å²) in [5.41, 5.74) is 2.36. The molecule has 7 heteroatoms. The number of anilines is 1. The smallest absolute Gasteiger partial charge is 0.257 e. The van der Waals surface area contributed by atoms with Crippen molar-refractivity contribution in [3.63, 3.8) is 0 Å². The maximum atomic E-state index is 12.1. The zero-order valence-electron chi connectivity index (χ0n) is 12.3. The zero-order valence-corrected chi connectivity index (χ0v) is 14.7. The molecule has 0 unspecified atom stereocenters. The first-order valence-electron chi connectivity index (χ1n) is 7.00. The molecule has 3 aromatic rings. The second-order valence-corrected chi connectivity index (χ2v) is 6.52. The van der Waals surface area contributed by atoms with Crippen molar-refractivity contribution in [2.24, 2.45) is 0 Å². The quantitative estimate of drug-likeness (QED) is 0.659. The van der Waals surface area contributed by atoms with Gasteiger partial charge >= 0.3 is 0 Å². The number of hydrogen-bond acceptors (Lipinski definition) is 4. The average Bonchev–Trinajstić information content (AvgIpc) is 3.04. The van der Waals surface area contributed by atoms with Crippen LogP contribution in [0.5, 0.6) is 0 Å². The van der Waals surface area contributed by atoms with Gasteiger partial charge in [0, 0.05) is 21.5 Å². The Morgan fingerprint density at radius 1 is 1.08 bits per heavy atom. The van der Waals surface area contributed by atoms with Crippen LogP contribution in [0.3, 0.4) is 0 Å². The van der Waals surface area contributed by atoms with Crippen LogP contribution in [0, 0.1) is 0 Å². The van der Waals surface area contributed by atoms with Crippen LogP contribution in [-0.4, -0.2) is 16.0 Å². The van der Waals surface area contributed by atoms with Crippen LogP contribution in [0.2, 0.25) is 5.02 Å². The van der Waals surface area contributed by atoms with Crippen molar-refractivity contribution >= 4 is 51.3 Å². The lowest BCUT2D eigenvalue weighted by Gasteiger charge is -2.07. The number of aromatic nitrogens is 1. The Labute approximate surface area is 153 Å². The molecule has 2 aromatic carbocycles. The van der Waals surface area contributed by atoms with Crippen molar-refractivity contribution in [2.75, 3.05) is 5.32 Å². The molecular formula is C17H12ClN3OS2. The van der Waals surface area contributed by atoms with Crippen molar-refractivity contribution < 1.29 is 4.79 Å². The van der Waals surface area contributed by atoms with Gasteiger partial charge in [-0.15, -0.1) is 11.3 Å². The van der Waals surface area contributed by atoms with Gasteiger partial charge in [0.05, 0.1) is 5.69 Å². The third kappa shape index (κ3) is 4.17. The maximum Gasteiger partial charge on any atom is 0.257 e. The molecule has 0 radical (unpaired) electrons. The molecule has 0 saturated heterocycles. The van der Waals surface area contributed by atoms with E-state index in [0.717, 1.165) is 11.3 Å². The molecule has 0 aliphatic rings. The summed E-state index contributed by atoms with van der Waals surface area (Å²) < 4.78 is 0. The van der Waals surface area contributed by atoms with E-state index >= 15 is 0 Å². The van der Waals surface area contributed by atoms with Gasteiger partial charge in [0.1, 0.15) is 0 Å². The lowest BCUT2D eigenvalue weighted by Crippen LogP contribution is -2.34. The first kappa shape index (κ1) is 16.6. The monoisotopic (exact) mass is 373 g/mol. The summed E-state index contributed by atoms with van der Waals surface area (Å²) in [5, 5.41) is 8.87. The second kappa shape index (κ2) is 7.53. The molecule has 1 aromatic heterocycles. The van der Waals surface area contributed by atoms with Crippen molar-refractivity contribution in [2.45, 2.75) is 0 Å². The molecule has 24 heavy (non-hydrogen) atoms. The number of halogens is 1. The second-order valence-electron chi connectivity index (χ2n) is 4.82. The number of carbonyl (C=O) groups excluding carboxylic acids is 1. The van der Waals surface area contributed by atoms with Crippen LogP contribution < -0.4 is 10.6 Å². The molecular weight excluding hydrogens is 362 g/mol. The minimum atomic E-state index is -0.302. The van der Waals surface area contributed by atoms with Crippen molar-refractivity contribution in [3.05, 3.63) is 70.6 Å². The van der Waals surface area contributed by atoms with E-state index in [9.17, 15) is 4.79 Å². The van der Waals surface area contributed by atoms with Crippen LogP contribution in [-0.2, 0) is 0 Å². The molecule has 4 nitrogen and oxygen atoms in total. The molecule has 0 spiro atoms. The lowest BCUT2D eigenvalue weighted by molar-refractivity contribution is 0.0978. The Morgan fingerprint density at radius 3 is 2.50 bits per heavy atom. The van der Waals surface area contributed by atoms with Gasteiger partial charge in [0.25, 0.3) is 5.91 Å². The largest absolute Gasteiger partial charge is 0.308 e. The van der Waals surface area contributed by atoms with E-state index in [0.29, 0.717) is 15.7 Å². The van der Waals surface area contributed by atoms with Gasteiger partial charge in [-0.2, -0.15) is 0 Å². The number of nitrogens with zero attached hydrogens (tertiary/aromatic N) is 1. The van der Waals surface area contributed by atoms with Crippen molar-refractivity contribution in [3.8, 4) is 11.3 Å². The highest BCUT2D eigenvalue weighted by atomic mass is 35.5. The van der Waals surface area contributed by atoms with E-state index in [4.69, 9.17) is 23.8 Å². The first-order chi connectivity index (χ1) is 11.6. The molecule has 0 aliphatic carbocycles. The SMILES string of the molecule is O=C(NC(=S)Nc1nc(-c2ccccc2)cs1)c1ccc(Cl)cc1. The summed E-state index contributed by atoms with van der Waals surface area (Å²) in [6.07, 6.45) is 0. The minimum Gasteiger partial charge on any atom is -0.308 e. The van der Waals surface area contributed by atoms with Gasteiger partial charge in [0.2, 0.25) is 0 Å². The molecule has 1 heterocycles. The molecule has 0 aliphatic heterocycles. The van der Waals surface area contributed by atoms with E-state index < -0.39 is 0 Å². The maximum absolute atomic E-state index is 12.1. The van der Waals surface area contributed by atoms with Gasteiger partial charge in [-0.25, -0.2) is 4.98 Å². The van der Waals surface area contributed by atoms with Crippen LogP contribution >= 0.6 is 35.2 Å². The molecule has 0 fully saturated rings. The predicted molar refractivity (Wildman–Crippen MR) is 103 cm³/mol. The Balaban J connectivity index is 1.62. The van der Waals surface area contributed by atoms with Crippen LogP contribution in [0.1, 0.15) is 10.4 Å². The number of thiazole rings is 1. The summed E-state index contributed by atoms with van der Waals surface area (Å²) in [7, 11) is 0. The summed E-state index contributed by atoms with van der Waals surface area (Å²) in [6.45, 7) is 0. The van der Waals surface area contributed by atoms with Crippen LogP contribution in [0.25, 0.3) is 11.3 Å². The van der Waals surface area contributed by atoms with Gasteiger partial charge in [0.15, 0.2) is 10.2 Å². The van der Waals surface area contributed by atoms with E-state index in [1.807, 2.05) is 35.7 Å². The number of rotatable bonds is 3. The van der Waals surface area contributed by atoms with E-state index in [1.54, 1.807) is 24.3 Å². The van der Waals surface area contributed by atoms with Crippen LogP contribution in [0.4, 0.5) is 5.13 Å². The molecule has 0 bridgehead atoms. The zero-order chi connectivity index (χ0) is 16.9. The first-order valence-corrected chi connectivity index (χ1v) is 8.67. The highest BCUT2D eigenvalue weighted by Crippen LogP contribution is 2.24. The highest BCUT2D eigenvalue weighted by Gasteiger charge is 2.10. The fraction of sp³-hybridized carbons (Fsp3) is 0. The lowest BCUT2D eigenvalue weighted by atomic mass is 10.2. The number of thiocarbonyl (C=S) groups is 1. The molecule has 120 valence electrons. The fourth-order valence-corrected chi connectivity index (χ4v) is 3.08. The Bertz CT molecular complexity index is 863. The fourth-order valence-electron chi connectivity index (χ4n) is 1.98. The molecule has 0 saturated carbocycles. The number of benzene rings is 2. The minimum absolute atomic E-state index is 0.198. The van der Waals surface area contributed by atoms with Gasteiger partial charge in [-0.1, -0.05) is 41.9 Å². The molecule has 0 atom stereocenters. The number of carbonyl (C=O) groups is 1. The summed E-state index contributed by atoms with van der Waals surface area (Å²) in [4.78, 5) is 16.5. The van der Waals surface area contributed by atoms with Crippen LogP contribution in [0.15, 0.2) is 60.0 Å². The van der Waals surface area contributed by atoms with Crippen molar-refractivity contribution in [1.82, 2.24) is 10.3 Å². The average molecular weight is 374 g/mol. The van der Waals surface area contributed by atoms with Gasteiger partial charge < -0.3 is 5.32 Å². The van der Waals surface area contributed by atoms with E-state index in [-0.39, 0.29) is 11.0 Å². The van der Waals surface area contributed by atoms with Crippen molar-refractivity contribution in [1.29, 1.82) is 0 Å². The Hall–Kier alpha value is -2.28. The Morgan fingerprint density at radius 2 is 1.79 bits per heavy atom. The van der Waals surface area contributed by atoms with Gasteiger partial charge in [-0.3, -0.25) is 10.1 Å². The molecule has 3 rings (SSSR count). The van der Waals surface area contributed by atoms with E-state index in [2.05, 4.69) is 15.6 Å². The Kier molecular flexibility index (Phi) is 5.20. The van der Waals surface area contributed by atoms with Gasteiger partial charge in [-0.05, 0) is 36.5 Å². The highest BCUT2D eigenvalue weighted by molar-refractivity contribution is 7.80. The summed E-state index contributed by atoms with van der Waals surface area (Å²) in [6, 6.07) is 16.4. The molecule has 2 N–H and O–H groups in total. The third-order valence-electron chi connectivity index (χ3n) is 3.13. The molecule has 1 amide bonds. The standard InChI is InChI=1S/C17H12ClN3OS2/c18-13-8-6-12(7-9-13)15(22)20-16(23)21-17-19-14(10-24-17)11-4-2-1-3-5-11/h1-10H,(H2,19,20,21,22,23). The summed E-state index contributed by atoms with van der Waals surface area (Å²) in [5.74, 6) is -0.302. The number of hydrogen-bond donors (Lipinski definition) is 2. The van der Waals surface area contributed by atoms with E-state index in [1.165, 1.54) is 11.3 Å². The number of nitrogens with one attached hydrogen (secondary N) is 2. The number of amides is 1. The third-order valence-corrected chi connectivity index (χ3v) is 4.34. The predicted octanol–water partition coefficient (Wildman–Crippen LogP) is 4.59.